The highest BCUT2D eigenvalue weighted by Crippen LogP contribution is 2.34. The molecule has 0 N–H and O–H groups in total. The van der Waals surface area contributed by atoms with Crippen molar-refractivity contribution < 1.29 is 0 Å². The molecule has 0 amide bonds. The van der Waals surface area contributed by atoms with E-state index in [0.29, 0.717) is 10.7 Å². The molecular formula is C10H4BrClN2. The maximum absolute atomic E-state index is 7.06. The minimum atomic E-state index is 0.542. The van der Waals surface area contributed by atoms with Crippen molar-refractivity contribution in [1.29, 1.82) is 0 Å². The van der Waals surface area contributed by atoms with Crippen LogP contribution in [0.3, 0.4) is 0 Å². The molecule has 1 aromatic carbocycles. The predicted molar refractivity (Wildman–Crippen MR) is 60.7 cm³/mol. The molecule has 0 saturated heterocycles. The van der Waals surface area contributed by atoms with E-state index in [4.69, 9.17) is 18.2 Å². The largest absolute Gasteiger partial charge is 0.256 e. The highest BCUT2D eigenvalue weighted by molar-refractivity contribution is 9.10. The van der Waals surface area contributed by atoms with Gasteiger partial charge in [0.05, 0.1) is 17.1 Å². The van der Waals surface area contributed by atoms with E-state index in [-0.39, 0.29) is 0 Å². The Morgan fingerprint density at radius 1 is 1.43 bits per heavy atom. The number of nitrogens with zero attached hydrogens (tertiary/aromatic N) is 2. The smallest absolute Gasteiger partial charge is 0.210 e. The summed E-state index contributed by atoms with van der Waals surface area (Å²) in [6.45, 7) is 7.06. The van der Waals surface area contributed by atoms with E-state index in [2.05, 4.69) is 25.8 Å². The van der Waals surface area contributed by atoms with Gasteiger partial charge < -0.3 is 0 Å². The first-order valence-corrected chi connectivity index (χ1v) is 5.00. The predicted octanol–water partition coefficient (Wildman–Crippen LogP) is 4.20. The van der Waals surface area contributed by atoms with Gasteiger partial charge in [0.25, 0.3) is 0 Å². The molecule has 0 radical (unpaired) electrons. The van der Waals surface area contributed by atoms with Crippen molar-refractivity contribution in [2.24, 2.45) is 0 Å². The summed E-state index contributed by atoms with van der Waals surface area (Å²) in [5.74, 6) is 0. The van der Waals surface area contributed by atoms with Gasteiger partial charge in [-0.15, -0.1) is 0 Å². The molecule has 2 rings (SSSR count). The van der Waals surface area contributed by atoms with E-state index in [0.717, 1.165) is 15.4 Å². The minimum absolute atomic E-state index is 0.542. The zero-order valence-corrected chi connectivity index (χ0v) is 9.30. The molecule has 0 saturated carbocycles. The molecule has 0 bridgehead atoms. The van der Waals surface area contributed by atoms with Crippen LogP contribution in [-0.2, 0) is 0 Å². The molecule has 0 aliphatic heterocycles. The van der Waals surface area contributed by atoms with E-state index >= 15 is 0 Å². The van der Waals surface area contributed by atoms with Gasteiger partial charge in [0.2, 0.25) is 5.69 Å². The number of halogens is 2. The molecule has 4 heteroatoms. The molecule has 0 unspecified atom stereocenters. The van der Waals surface area contributed by atoms with Crippen molar-refractivity contribution in [3.63, 3.8) is 0 Å². The fourth-order valence-electron chi connectivity index (χ4n) is 1.25. The van der Waals surface area contributed by atoms with Gasteiger partial charge >= 0.3 is 0 Å². The van der Waals surface area contributed by atoms with Crippen molar-refractivity contribution in [2.45, 2.75) is 0 Å². The minimum Gasteiger partial charge on any atom is -0.256 e. The number of hydrogen-bond acceptors (Lipinski definition) is 1. The Morgan fingerprint density at radius 3 is 2.93 bits per heavy atom. The van der Waals surface area contributed by atoms with Gasteiger partial charge in [-0.25, -0.2) is 4.85 Å². The van der Waals surface area contributed by atoms with Crippen LogP contribution < -0.4 is 0 Å². The molecule has 0 aliphatic carbocycles. The van der Waals surface area contributed by atoms with Crippen molar-refractivity contribution in [3.8, 4) is 0 Å². The van der Waals surface area contributed by atoms with Crippen molar-refractivity contribution in [3.05, 3.63) is 45.3 Å². The van der Waals surface area contributed by atoms with Crippen LogP contribution in [0.25, 0.3) is 15.7 Å². The first-order valence-electron chi connectivity index (χ1n) is 3.83. The maximum Gasteiger partial charge on any atom is 0.210 e. The summed E-state index contributed by atoms with van der Waals surface area (Å²) >= 11 is 9.14. The molecule has 1 aromatic heterocycles. The quantitative estimate of drug-likeness (QED) is 0.654. The topological polar surface area (TPSA) is 17.2 Å². The van der Waals surface area contributed by atoms with E-state index in [1.807, 2.05) is 12.1 Å². The lowest BCUT2D eigenvalue weighted by molar-refractivity contribution is 1.41. The van der Waals surface area contributed by atoms with Crippen LogP contribution in [-0.4, -0.2) is 4.98 Å². The summed E-state index contributed by atoms with van der Waals surface area (Å²) in [6, 6.07) is 5.42. The highest BCUT2D eigenvalue weighted by Gasteiger charge is 2.06. The summed E-state index contributed by atoms with van der Waals surface area (Å²) in [5.41, 5.74) is 1.33. The van der Waals surface area contributed by atoms with E-state index in [9.17, 15) is 0 Å². The Kier molecular flexibility index (Phi) is 2.40. The normalized spacial score (nSPS) is 10.1. The van der Waals surface area contributed by atoms with Gasteiger partial charge in [-0.05, 0) is 12.1 Å². The molecule has 1 heterocycles. The number of pyridine rings is 1. The second kappa shape index (κ2) is 3.56. The average molecular weight is 268 g/mol. The Bertz CT molecular complexity index is 540. The number of rotatable bonds is 0. The van der Waals surface area contributed by atoms with Gasteiger partial charge in [-0.1, -0.05) is 33.6 Å². The summed E-state index contributed by atoms with van der Waals surface area (Å²) in [7, 11) is 0. The summed E-state index contributed by atoms with van der Waals surface area (Å²) in [4.78, 5) is 7.58. The van der Waals surface area contributed by atoms with Gasteiger partial charge in [0, 0.05) is 16.1 Å². The lowest BCUT2D eigenvalue weighted by Crippen LogP contribution is -1.79. The first-order chi connectivity index (χ1) is 6.72. The summed E-state index contributed by atoms with van der Waals surface area (Å²) in [5, 5.41) is 1.32. The Labute approximate surface area is 94.5 Å². The van der Waals surface area contributed by atoms with E-state index < -0.39 is 0 Å². The first kappa shape index (κ1) is 9.45. The molecule has 0 atom stereocenters. The Hall–Kier alpha value is -1.11. The van der Waals surface area contributed by atoms with Crippen LogP contribution in [0.2, 0.25) is 5.02 Å². The van der Waals surface area contributed by atoms with Crippen molar-refractivity contribution >= 4 is 44.1 Å². The van der Waals surface area contributed by atoms with Gasteiger partial charge in [-0.3, -0.25) is 4.98 Å². The summed E-state index contributed by atoms with van der Waals surface area (Å²) in [6.07, 6.45) is 1.57. The van der Waals surface area contributed by atoms with E-state index in [1.54, 1.807) is 12.3 Å². The van der Waals surface area contributed by atoms with Crippen LogP contribution in [0.4, 0.5) is 5.69 Å². The van der Waals surface area contributed by atoms with Crippen LogP contribution in [0, 0.1) is 6.57 Å². The number of benzene rings is 1. The van der Waals surface area contributed by atoms with Crippen LogP contribution in [0.5, 0.6) is 0 Å². The number of hydrogen-bond donors (Lipinski definition) is 0. The molecule has 0 fully saturated rings. The number of aromatic nitrogens is 1. The number of fused-ring (bicyclic) bond motifs is 1. The average Bonchev–Trinajstić information content (AvgIpc) is 2.17. The lowest BCUT2D eigenvalue weighted by atomic mass is 10.2. The fraction of sp³-hybridized carbons (Fsp3) is 0. The second-order valence-corrected chi connectivity index (χ2v) is 4.02. The molecule has 0 aliphatic rings. The van der Waals surface area contributed by atoms with Crippen molar-refractivity contribution in [2.75, 3.05) is 0 Å². The SMILES string of the molecule is [C-]#[N+]c1c(Br)ccc2ncc(Cl)cc12. The molecule has 0 spiro atoms. The third kappa shape index (κ3) is 1.47. The molecule has 2 nitrogen and oxygen atoms in total. The van der Waals surface area contributed by atoms with E-state index in [1.165, 1.54) is 0 Å². The molecule has 68 valence electrons. The van der Waals surface area contributed by atoms with Crippen molar-refractivity contribution in [1.82, 2.24) is 4.98 Å². The lowest BCUT2D eigenvalue weighted by Gasteiger charge is -2.01. The Morgan fingerprint density at radius 2 is 2.21 bits per heavy atom. The van der Waals surface area contributed by atoms with Crippen LogP contribution in [0.15, 0.2) is 28.9 Å². The monoisotopic (exact) mass is 266 g/mol. The third-order valence-corrected chi connectivity index (χ3v) is 2.71. The molecular weight excluding hydrogens is 263 g/mol. The second-order valence-electron chi connectivity index (χ2n) is 2.73. The third-order valence-electron chi connectivity index (χ3n) is 1.87. The van der Waals surface area contributed by atoms with Gasteiger partial charge in [0.1, 0.15) is 0 Å². The standard InChI is InChI=1S/C10H4BrClN2/c1-13-10-7-4-6(12)5-14-9(7)3-2-8(10)11/h2-5H. The fourth-order valence-corrected chi connectivity index (χ4v) is 1.84. The molecule has 14 heavy (non-hydrogen) atoms. The molecule has 2 aromatic rings. The maximum atomic E-state index is 7.06. The zero-order chi connectivity index (χ0) is 10.1. The van der Waals surface area contributed by atoms with Gasteiger partial charge in [0.15, 0.2) is 0 Å². The van der Waals surface area contributed by atoms with Crippen LogP contribution in [0.1, 0.15) is 0 Å². The highest BCUT2D eigenvalue weighted by atomic mass is 79.9. The van der Waals surface area contributed by atoms with Crippen LogP contribution >= 0.6 is 27.5 Å². The zero-order valence-electron chi connectivity index (χ0n) is 6.96. The Balaban J connectivity index is 2.93. The van der Waals surface area contributed by atoms with Gasteiger partial charge in [-0.2, -0.15) is 0 Å². The summed E-state index contributed by atoms with van der Waals surface area (Å²) < 4.78 is 0.768.